The molecule has 0 bridgehead atoms. The fraction of sp³-hybridized carbons (Fsp3) is 0.462. The number of rotatable bonds is 11. The van der Waals surface area contributed by atoms with Gasteiger partial charge in [0, 0.05) is 26.7 Å². The highest BCUT2D eigenvalue weighted by Crippen LogP contribution is 2.22. The maximum Gasteiger partial charge on any atom is 0.304 e. The molecule has 2 aromatic carbocycles. The predicted molar refractivity (Wildman–Crippen MR) is 140 cm³/mol. The summed E-state index contributed by atoms with van der Waals surface area (Å²) in [6.07, 6.45) is 3.99. The third kappa shape index (κ3) is 6.76. The molecule has 10 heteroatoms. The molecule has 3 rings (SSSR count). The number of nitrogens with zero attached hydrogens (tertiary/aromatic N) is 3. The molecule has 0 radical (unpaired) electrons. The molecule has 1 atom stereocenters. The van der Waals surface area contributed by atoms with Crippen LogP contribution < -0.4 is 14.4 Å². The highest BCUT2D eigenvalue weighted by Gasteiger charge is 2.33. The molecule has 9 nitrogen and oxygen atoms in total. The van der Waals surface area contributed by atoms with Gasteiger partial charge < -0.3 is 15.0 Å². The number of ether oxygens (including phenoxy) is 1. The van der Waals surface area contributed by atoms with Crippen molar-refractivity contribution in [2.24, 2.45) is 0 Å². The van der Waals surface area contributed by atoms with E-state index in [1.807, 2.05) is 12.1 Å². The van der Waals surface area contributed by atoms with Crippen LogP contribution in [0.2, 0.25) is 0 Å². The molecule has 2 aromatic rings. The second kappa shape index (κ2) is 12.2. The minimum absolute atomic E-state index is 0.104. The molecule has 0 aromatic heterocycles. The number of nitrogens with one attached hydrogen (secondary N) is 1. The zero-order chi connectivity index (χ0) is 26.3. The number of carbonyl (C=O) groups excluding carboxylic acids is 2. The number of hydrogen-bond donors (Lipinski definition) is 1. The molecule has 0 aliphatic heterocycles. The van der Waals surface area contributed by atoms with Crippen LogP contribution in [0.25, 0.3) is 0 Å². The molecule has 1 unspecified atom stereocenters. The number of carbonyl (C=O) groups is 2. The van der Waals surface area contributed by atoms with E-state index >= 15 is 0 Å². The average molecular weight is 517 g/mol. The summed E-state index contributed by atoms with van der Waals surface area (Å²) in [4.78, 5) is 28.3. The van der Waals surface area contributed by atoms with Crippen molar-refractivity contribution in [2.45, 2.75) is 51.2 Å². The maximum absolute atomic E-state index is 13.7. The van der Waals surface area contributed by atoms with Crippen LogP contribution in [0.15, 0.2) is 54.6 Å². The van der Waals surface area contributed by atoms with Crippen LogP contribution in [0.5, 0.6) is 5.75 Å². The van der Waals surface area contributed by atoms with E-state index in [0.717, 1.165) is 39.9 Å². The van der Waals surface area contributed by atoms with Crippen molar-refractivity contribution in [2.75, 3.05) is 32.1 Å². The summed E-state index contributed by atoms with van der Waals surface area (Å²) in [5, 5.41) is 3.06. The van der Waals surface area contributed by atoms with E-state index < -0.39 is 28.7 Å². The Morgan fingerprint density at radius 3 is 2.19 bits per heavy atom. The number of amides is 2. The fourth-order valence-electron chi connectivity index (χ4n) is 4.21. The highest BCUT2D eigenvalue weighted by molar-refractivity contribution is 7.90. The van der Waals surface area contributed by atoms with Crippen LogP contribution in [0.1, 0.15) is 38.2 Å². The predicted octanol–water partition coefficient (Wildman–Crippen LogP) is 2.78. The Hall–Kier alpha value is -3.11. The Morgan fingerprint density at radius 1 is 1.03 bits per heavy atom. The van der Waals surface area contributed by atoms with Gasteiger partial charge >= 0.3 is 10.2 Å². The van der Waals surface area contributed by atoms with Crippen LogP contribution in [0.4, 0.5) is 5.69 Å². The quantitative estimate of drug-likeness (QED) is 0.495. The SMILES string of the molecule is COc1ccc(CN(C(=O)CN(c2ccccc2)S(=O)(=O)N(C)C)C(C)C(=O)NC2CCCC2)cc1. The Bertz CT molecular complexity index is 1120. The molecule has 196 valence electrons. The van der Waals surface area contributed by atoms with E-state index in [4.69, 9.17) is 4.74 Å². The molecule has 1 aliphatic rings. The van der Waals surface area contributed by atoms with E-state index in [-0.39, 0.29) is 18.5 Å². The summed E-state index contributed by atoms with van der Waals surface area (Å²) >= 11 is 0. The summed E-state index contributed by atoms with van der Waals surface area (Å²) in [6, 6.07) is 15.0. The molecule has 0 heterocycles. The van der Waals surface area contributed by atoms with Gasteiger partial charge in [0.25, 0.3) is 0 Å². The Labute approximate surface area is 214 Å². The van der Waals surface area contributed by atoms with Crippen molar-refractivity contribution in [3.63, 3.8) is 0 Å². The first-order chi connectivity index (χ1) is 17.1. The van der Waals surface area contributed by atoms with E-state index in [9.17, 15) is 18.0 Å². The van der Waals surface area contributed by atoms with Gasteiger partial charge in [0.15, 0.2) is 0 Å². The molecule has 0 spiro atoms. The number of benzene rings is 2. The molecule has 36 heavy (non-hydrogen) atoms. The third-order valence-electron chi connectivity index (χ3n) is 6.44. The van der Waals surface area contributed by atoms with E-state index in [2.05, 4.69) is 5.32 Å². The molecule has 1 aliphatic carbocycles. The summed E-state index contributed by atoms with van der Waals surface area (Å²) in [7, 11) is 0.446. The lowest BCUT2D eigenvalue weighted by Crippen LogP contribution is -2.53. The first kappa shape index (κ1) is 27.5. The molecule has 1 saturated carbocycles. The standard InChI is InChI=1S/C26H36N4O5S/c1-20(26(32)27-22-10-8-9-11-22)29(18-21-14-16-24(35-4)17-15-21)25(31)19-30(36(33,34)28(2)3)23-12-6-5-7-13-23/h5-7,12-17,20,22H,8-11,18-19H2,1-4H3,(H,27,32). The Balaban J connectivity index is 1.90. The Kier molecular flexibility index (Phi) is 9.33. The maximum atomic E-state index is 13.7. The molecular weight excluding hydrogens is 480 g/mol. The van der Waals surface area contributed by atoms with Gasteiger partial charge in [-0.05, 0) is 49.6 Å². The first-order valence-electron chi connectivity index (χ1n) is 12.1. The molecule has 1 fully saturated rings. The average Bonchev–Trinajstić information content (AvgIpc) is 3.39. The minimum atomic E-state index is -3.96. The number of anilines is 1. The van der Waals surface area contributed by atoms with Gasteiger partial charge in [0.05, 0.1) is 12.8 Å². The lowest BCUT2D eigenvalue weighted by atomic mass is 10.1. The lowest BCUT2D eigenvalue weighted by molar-refractivity contribution is -0.139. The summed E-state index contributed by atoms with van der Waals surface area (Å²) in [5.74, 6) is -0.0457. The van der Waals surface area contributed by atoms with Crippen molar-refractivity contribution >= 4 is 27.7 Å². The third-order valence-corrected chi connectivity index (χ3v) is 8.26. The van der Waals surface area contributed by atoms with Gasteiger partial charge in [0.1, 0.15) is 18.3 Å². The van der Waals surface area contributed by atoms with E-state index in [1.165, 1.54) is 19.0 Å². The zero-order valence-corrected chi connectivity index (χ0v) is 22.2. The molecule has 0 saturated heterocycles. The zero-order valence-electron chi connectivity index (χ0n) is 21.4. The van der Waals surface area contributed by atoms with Gasteiger partial charge in [0.2, 0.25) is 11.8 Å². The monoisotopic (exact) mass is 516 g/mol. The molecule has 2 amide bonds. The lowest BCUT2D eigenvalue weighted by Gasteiger charge is -2.33. The summed E-state index contributed by atoms with van der Waals surface area (Å²) in [5.41, 5.74) is 1.17. The van der Waals surface area contributed by atoms with Crippen molar-refractivity contribution in [3.05, 3.63) is 60.2 Å². The number of hydrogen-bond acceptors (Lipinski definition) is 5. The second-order valence-electron chi connectivity index (χ2n) is 9.17. The van der Waals surface area contributed by atoms with Crippen molar-refractivity contribution in [3.8, 4) is 5.75 Å². The summed E-state index contributed by atoms with van der Waals surface area (Å²) < 4.78 is 33.6. The molecular formula is C26H36N4O5S. The van der Waals surface area contributed by atoms with Gasteiger partial charge in [-0.15, -0.1) is 0 Å². The van der Waals surface area contributed by atoms with Gasteiger partial charge in [-0.25, -0.2) is 4.31 Å². The van der Waals surface area contributed by atoms with Crippen LogP contribution >= 0.6 is 0 Å². The number of para-hydroxylation sites is 1. The van der Waals surface area contributed by atoms with Gasteiger partial charge in [-0.2, -0.15) is 12.7 Å². The van der Waals surface area contributed by atoms with Crippen LogP contribution in [-0.4, -0.2) is 69.3 Å². The van der Waals surface area contributed by atoms with Gasteiger partial charge in [-0.3, -0.25) is 9.59 Å². The van der Waals surface area contributed by atoms with Crippen LogP contribution in [-0.2, 0) is 26.3 Å². The van der Waals surface area contributed by atoms with Crippen molar-refractivity contribution in [1.82, 2.24) is 14.5 Å². The van der Waals surface area contributed by atoms with Crippen molar-refractivity contribution in [1.29, 1.82) is 0 Å². The first-order valence-corrected chi connectivity index (χ1v) is 13.5. The van der Waals surface area contributed by atoms with Crippen LogP contribution in [0, 0.1) is 0 Å². The minimum Gasteiger partial charge on any atom is -0.497 e. The van der Waals surface area contributed by atoms with Gasteiger partial charge in [-0.1, -0.05) is 43.2 Å². The Morgan fingerprint density at radius 2 is 1.64 bits per heavy atom. The normalized spacial score (nSPS) is 14.9. The van der Waals surface area contributed by atoms with E-state index in [0.29, 0.717) is 11.4 Å². The largest absolute Gasteiger partial charge is 0.497 e. The van der Waals surface area contributed by atoms with Crippen LogP contribution in [0.3, 0.4) is 0 Å². The highest BCUT2D eigenvalue weighted by atomic mass is 32.2. The topological polar surface area (TPSA) is 99.3 Å². The smallest absolute Gasteiger partial charge is 0.304 e. The molecule has 1 N–H and O–H groups in total. The number of methoxy groups -OCH3 is 1. The summed E-state index contributed by atoms with van der Waals surface area (Å²) in [6.45, 7) is 1.38. The van der Waals surface area contributed by atoms with Crippen molar-refractivity contribution < 1.29 is 22.7 Å². The second-order valence-corrected chi connectivity index (χ2v) is 11.2. The fourth-order valence-corrected chi connectivity index (χ4v) is 5.27. The van der Waals surface area contributed by atoms with E-state index in [1.54, 1.807) is 56.5 Å².